The molecule has 1 aromatic carbocycles. The molecule has 1 aliphatic rings. The minimum atomic E-state index is -1.12. The number of esters is 2. The summed E-state index contributed by atoms with van der Waals surface area (Å²) in [6.45, 7) is 3.54. The van der Waals surface area contributed by atoms with Gasteiger partial charge in [-0.05, 0) is 5.56 Å². The van der Waals surface area contributed by atoms with E-state index >= 15 is 0 Å². The molecule has 1 aliphatic heterocycles. The summed E-state index contributed by atoms with van der Waals surface area (Å²) in [7, 11) is 1.32. The molecule has 0 radical (unpaired) electrons. The number of piperidine rings is 1. The summed E-state index contributed by atoms with van der Waals surface area (Å²) in [5.41, 5.74) is 0.115. The number of nitrogens with zero attached hydrogens (tertiary/aromatic N) is 1. The predicted molar refractivity (Wildman–Crippen MR) is 77.5 cm³/mol. The minimum Gasteiger partial charge on any atom is -0.466 e. The molecule has 1 saturated heterocycles. The molecule has 5 nitrogen and oxygen atoms in total. The van der Waals surface area contributed by atoms with Crippen LogP contribution in [0, 0.1) is 0 Å². The summed E-state index contributed by atoms with van der Waals surface area (Å²) in [5, 5.41) is 0. The van der Waals surface area contributed by atoms with Gasteiger partial charge in [0.2, 0.25) is 5.60 Å². The Morgan fingerprint density at radius 3 is 2.33 bits per heavy atom. The van der Waals surface area contributed by atoms with Crippen molar-refractivity contribution in [2.45, 2.75) is 31.9 Å². The molecule has 1 heterocycles. The van der Waals surface area contributed by atoms with Crippen LogP contribution in [0.4, 0.5) is 0 Å². The summed E-state index contributed by atoms with van der Waals surface area (Å²) < 4.78 is 10.1. The zero-order chi connectivity index (χ0) is 15.3. The molecule has 1 aromatic rings. The van der Waals surface area contributed by atoms with Gasteiger partial charge < -0.3 is 9.47 Å². The van der Waals surface area contributed by atoms with Crippen LogP contribution in [0.3, 0.4) is 0 Å². The highest BCUT2D eigenvalue weighted by Crippen LogP contribution is 2.29. The van der Waals surface area contributed by atoms with Crippen LogP contribution in [-0.2, 0) is 25.6 Å². The molecule has 114 valence electrons. The molecule has 2 rings (SSSR count). The monoisotopic (exact) mass is 291 g/mol. The van der Waals surface area contributed by atoms with Gasteiger partial charge in [-0.25, -0.2) is 4.79 Å². The largest absolute Gasteiger partial charge is 0.466 e. The van der Waals surface area contributed by atoms with Crippen LogP contribution in [0.15, 0.2) is 30.3 Å². The van der Waals surface area contributed by atoms with Crippen LogP contribution in [0.1, 0.15) is 25.3 Å². The maximum Gasteiger partial charge on any atom is 0.350 e. The lowest BCUT2D eigenvalue weighted by Gasteiger charge is -2.38. The van der Waals surface area contributed by atoms with Gasteiger partial charge in [0.05, 0.1) is 7.11 Å². The predicted octanol–water partition coefficient (Wildman–Crippen LogP) is 1.76. The van der Waals surface area contributed by atoms with Gasteiger partial charge in [-0.2, -0.15) is 0 Å². The highest BCUT2D eigenvalue weighted by atomic mass is 16.6. The zero-order valence-corrected chi connectivity index (χ0v) is 12.5. The van der Waals surface area contributed by atoms with Gasteiger partial charge >= 0.3 is 11.9 Å². The standard InChI is InChI=1S/C16H21NO4/c1-13(18)21-16(15(19)20-2)8-10-17(11-9-16)12-14-6-4-3-5-7-14/h3-7H,8-12H2,1-2H3. The number of carbonyl (C=O) groups excluding carboxylic acids is 2. The van der Waals surface area contributed by atoms with Crippen molar-refractivity contribution in [1.82, 2.24) is 4.90 Å². The van der Waals surface area contributed by atoms with Crippen molar-refractivity contribution in [1.29, 1.82) is 0 Å². The van der Waals surface area contributed by atoms with E-state index in [2.05, 4.69) is 17.0 Å². The van der Waals surface area contributed by atoms with E-state index in [0.717, 1.165) is 6.54 Å². The number of benzene rings is 1. The topological polar surface area (TPSA) is 55.8 Å². The first-order valence-corrected chi connectivity index (χ1v) is 7.10. The van der Waals surface area contributed by atoms with Crippen molar-refractivity contribution >= 4 is 11.9 Å². The van der Waals surface area contributed by atoms with E-state index < -0.39 is 17.5 Å². The Hall–Kier alpha value is -1.88. The second-order valence-electron chi connectivity index (χ2n) is 5.34. The normalized spacial score (nSPS) is 18.0. The van der Waals surface area contributed by atoms with E-state index in [4.69, 9.17) is 9.47 Å². The molecule has 5 heteroatoms. The zero-order valence-electron chi connectivity index (χ0n) is 12.5. The van der Waals surface area contributed by atoms with Gasteiger partial charge in [0.25, 0.3) is 0 Å². The molecule has 0 saturated carbocycles. The van der Waals surface area contributed by atoms with Crippen LogP contribution in [0.2, 0.25) is 0 Å². The molecule has 0 amide bonds. The molecule has 0 N–H and O–H groups in total. The van der Waals surface area contributed by atoms with Crippen molar-refractivity contribution in [3.63, 3.8) is 0 Å². The number of rotatable bonds is 4. The summed E-state index contributed by atoms with van der Waals surface area (Å²) in [4.78, 5) is 25.5. The molecule has 21 heavy (non-hydrogen) atoms. The summed E-state index contributed by atoms with van der Waals surface area (Å²) in [6, 6.07) is 10.2. The van der Waals surface area contributed by atoms with E-state index in [1.165, 1.54) is 19.6 Å². The second kappa shape index (κ2) is 6.72. The van der Waals surface area contributed by atoms with Crippen molar-refractivity contribution in [3.05, 3.63) is 35.9 Å². The van der Waals surface area contributed by atoms with Gasteiger partial charge in [0, 0.05) is 39.4 Å². The highest BCUT2D eigenvalue weighted by molar-refractivity contribution is 5.83. The molecular formula is C16H21NO4. The van der Waals surface area contributed by atoms with Crippen LogP contribution in [-0.4, -0.2) is 42.6 Å². The average Bonchev–Trinajstić information content (AvgIpc) is 2.49. The number of hydrogen-bond acceptors (Lipinski definition) is 5. The van der Waals surface area contributed by atoms with Gasteiger partial charge in [0.1, 0.15) is 0 Å². The quantitative estimate of drug-likeness (QED) is 0.791. The average molecular weight is 291 g/mol. The maximum atomic E-state index is 12.0. The molecule has 0 bridgehead atoms. The Kier molecular flexibility index (Phi) is 4.96. The van der Waals surface area contributed by atoms with Crippen LogP contribution >= 0.6 is 0 Å². The van der Waals surface area contributed by atoms with Gasteiger partial charge in [-0.15, -0.1) is 0 Å². The third kappa shape index (κ3) is 3.82. The SMILES string of the molecule is COC(=O)C1(OC(C)=O)CCN(Cc2ccccc2)CC1. The number of hydrogen-bond donors (Lipinski definition) is 0. The lowest BCUT2D eigenvalue weighted by molar-refractivity contribution is -0.185. The summed E-state index contributed by atoms with van der Waals surface area (Å²) in [5.74, 6) is -0.908. The fraction of sp³-hybridized carbons (Fsp3) is 0.500. The van der Waals surface area contributed by atoms with Gasteiger partial charge in [0.15, 0.2) is 0 Å². The second-order valence-corrected chi connectivity index (χ2v) is 5.34. The smallest absolute Gasteiger partial charge is 0.350 e. The van der Waals surface area contributed by atoms with Crippen LogP contribution < -0.4 is 0 Å². The fourth-order valence-corrected chi connectivity index (χ4v) is 2.72. The Balaban J connectivity index is 1.99. The Bertz CT molecular complexity index is 492. The van der Waals surface area contributed by atoms with E-state index in [1.807, 2.05) is 18.2 Å². The summed E-state index contributed by atoms with van der Waals surface area (Å²) >= 11 is 0. The fourth-order valence-electron chi connectivity index (χ4n) is 2.72. The Labute approximate surface area is 124 Å². The van der Waals surface area contributed by atoms with Crippen molar-refractivity contribution in [2.24, 2.45) is 0 Å². The number of methoxy groups -OCH3 is 1. The molecule has 0 atom stereocenters. The lowest BCUT2D eigenvalue weighted by atomic mass is 9.90. The Morgan fingerprint density at radius 1 is 1.19 bits per heavy atom. The molecule has 0 spiro atoms. The van der Waals surface area contributed by atoms with Crippen molar-refractivity contribution in [3.8, 4) is 0 Å². The number of likely N-dealkylation sites (tertiary alicyclic amines) is 1. The maximum absolute atomic E-state index is 12.0. The lowest BCUT2D eigenvalue weighted by Crippen LogP contribution is -2.52. The first-order chi connectivity index (χ1) is 10.1. The molecule has 0 aromatic heterocycles. The van der Waals surface area contributed by atoms with E-state index in [0.29, 0.717) is 25.9 Å². The van der Waals surface area contributed by atoms with E-state index in [-0.39, 0.29) is 0 Å². The first-order valence-electron chi connectivity index (χ1n) is 7.10. The van der Waals surface area contributed by atoms with Crippen LogP contribution in [0.5, 0.6) is 0 Å². The third-order valence-electron chi connectivity index (χ3n) is 3.81. The highest BCUT2D eigenvalue weighted by Gasteiger charge is 2.45. The van der Waals surface area contributed by atoms with Gasteiger partial charge in [-0.3, -0.25) is 9.69 Å². The van der Waals surface area contributed by atoms with E-state index in [1.54, 1.807) is 0 Å². The van der Waals surface area contributed by atoms with Crippen molar-refractivity contribution in [2.75, 3.05) is 20.2 Å². The van der Waals surface area contributed by atoms with E-state index in [9.17, 15) is 9.59 Å². The molecule has 0 unspecified atom stereocenters. The minimum absolute atomic E-state index is 0.447. The molecular weight excluding hydrogens is 270 g/mol. The van der Waals surface area contributed by atoms with Crippen LogP contribution in [0.25, 0.3) is 0 Å². The first kappa shape index (κ1) is 15.5. The third-order valence-corrected chi connectivity index (χ3v) is 3.81. The number of ether oxygens (including phenoxy) is 2. The van der Waals surface area contributed by atoms with Gasteiger partial charge in [-0.1, -0.05) is 30.3 Å². The van der Waals surface area contributed by atoms with Crippen molar-refractivity contribution < 1.29 is 19.1 Å². The Morgan fingerprint density at radius 2 is 1.81 bits per heavy atom. The summed E-state index contributed by atoms with van der Waals surface area (Å²) in [6.07, 6.45) is 0.929. The molecule has 1 fully saturated rings. The molecule has 0 aliphatic carbocycles. The number of carbonyl (C=O) groups is 2.